The van der Waals surface area contributed by atoms with Crippen LogP contribution >= 0.6 is 0 Å². The maximum absolute atomic E-state index is 12.5. The Balaban J connectivity index is 1.30. The molecule has 0 aliphatic carbocycles. The number of aromatic nitrogens is 4. The van der Waals surface area contributed by atoms with Gasteiger partial charge in [0.25, 0.3) is 0 Å². The summed E-state index contributed by atoms with van der Waals surface area (Å²) in [6, 6.07) is 6.18. The average molecular weight is 447 g/mol. The highest BCUT2D eigenvalue weighted by Gasteiger charge is 2.17. The van der Waals surface area contributed by atoms with Crippen LogP contribution in [0.25, 0.3) is 5.65 Å². The maximum Gasteiger partial charge on any atom is 0.220 e. The molecule has 9 heteroatoms. The summed E-state index contributed by atoms with van der Waals surface area (Å²) >= 11 is 0. The first-order valence-corrected chi connectivity index (χ1v) is 11.4. The number of amides is 1. The highest BCUT2D eigenvalue weighted by molar-refractivity contribution is 5.76. The fourth-order valence-corrected chi connectivity index (χ4v) is 4.28. The molecule has 3 aromatic heterocycles. The minimum absolute atomic E-state index is 0.0214. The average Bonchev–Trinajstić information content (AvgIpc) is 3.26. The predicted octanol–water partition coefficient (Wildman–Crippen LogP) is 2.00. The molecule has 0 saturated carbocycles. The van der Waals surface area contributed by atoms with Gasteiger partial charge < -0.3 is 15.1 Å². The van der Waals surface area contributed by atoms with Crippen molar-refractivity contribution in [3.63, 3.8) is 0 Å². The molecular formula is C24H30N8O. The largest absolute Gasteiger partial charge is 0.354 e. The molecule has 1 aliphatic rings. The van der Waals surface area contributed by atoms with Gasteiger partial charge in [-0.15, -0.1) is 0 Å². The summed E-state index contributed by atoms with van der Waals surface area (Å²) in [5.41, 5.74) is 4.71. The van der Waals surface area contributed by atoms with Crippen LogP contribution in [0.15, 0.2) is 24.5 Å². The molecule has 3 aromatic rings. The first kappa shape index (κ1) is 22.7. The van der Waals surface area contributed by atoms with Gasteiger partial charge in [-0.25, -0.2) is 14.5 Å². The Morgan fingerprint density at radius 3 is 2.64 bits per heavy atom. The molecule has 9 nitrogen and oxygen atoms in total. The lowest BCUT2D eigenvalue weighted by molar-refractivity contribution is -0.121. The highest BCUT2D eigenvalue weighted by Crippen LogP contribution is 2.18. The molecule has 1 N–H and O–H groups in total. The molecule has 0 radical (unpaired) electrons. The summed E-state index contributed by atoms with van der Waals surface area (Å²) in [7, 11) is 0. The van der Waals surface area contributed by atoms with Crippen LogP contribution in [0, 0.1) is 25.2 Å². The van der Waals surface area contributed by atoms with Gasteiger partial charge in [-0.05, 0) is 44.0 Å². The number of nitrogens with zero attached hydrogens (tertiary/aromatic N) is 7. The molecule has 4 heterocycles. The van der Waals surface area contributed by atoms with Crippen LogP contribution in [0.2, 0.25) is 0 Å². The number of piperazine rings is 1. The zero-order valence-corrected chi connectivity index (χ0v) is 19.5. The summed E-state index contributed by atoms with van der Waals surface area (Å²) in [5, 5.41) is 16.4. The summed E-state index contributed by atoms with van der Waals surface area (Å²) in [5.74, 6) is 0.972. The van der Waals surface area contributed by atoms with Crippen molar-refractivity contribution in [2.75, 3.05) is 37.6 Å². The van der Waals surface area contributed by atoms with Crippen LogP contribution < -0.4 is 10.2 Å². The zero-order valence-electron chi connectivity index (χ0n) is 19.5. The monoisotopic (exact) mass is 446 g/mol. The molecule has 0 spiro atoms. The topological polar surface area (TPSA) is 102 Å². The fraction of sp³-hybridized carbons (Fsp3) is 0.458. The van der Waals surface area contributed by atoms with E-state index in [9.17, 15) is 10.1 Å². The highest BCUT2D eigenvalue weighted by atomic mass is 16.1. The lowest BCUT2D eigenvalue weighted by Crippen LogP contribution is -2.46. The second kappa shape index (κ2) is 9.96. The SMILES string of the molecule is CCN1CCN(c2ccc(CNC(=O)CCc3c(C)nc4c(C#N)cnn4c3C)cn2)CC1. The number of carbonyl (C=O) groups is 1. The van der Waals surface area contributed by atoms with Crippen LogP contribution in [-0.2, 0) is 17.8 Å². The number of hydrogen-bond acceptors (Lipinski definition) is 7. The van der Waals surface area contributed by atoms with Gasteiger partial charge in [-0.2, -0.15) is 10.4 Å². The third-order valence-corrected chi connectivity index (χ3v) is 6.37. The van der Waals surface area contributed by atoms with Crippen molar-refractivity contribution in [1.29, 1.82) is 5.26 Å². The molecule has 0 unspecified atom stereocenters. The molecule has 0 aromatic carbocycles. The quantitative estimate of drug-likeness (QED) is 0.592. The van der Waals surface area contributed by atoms with Gasteiger partial charge in [0.2, 0.25) is 5.91 Å². The summed E-state index contributed by atoms with van der Waals surface area (Å²) in [4.78, 5) is 26.3. The smallest absolute Gasteiger partial charge is 0.220 e. The molecule has 1 fully saturated rings. The Labute approximate surface area is 194 Å². The van der Waals surface area contributed by atoms with Crippen LogP contribution in [0.5, 0.6) is 0 Å². The molecule has 172 valence electrons. The molecule has 1 aliphatic heterocycles. The number of aryl methyl sites for hydroxylation is 2. The van der Waals surface area contributed by atoms with Gasteiger partial charge in [0.15, 0.2) is 5.65 Å². The Morgan fingerprint density at radius 1 is 1.18 bits per heavy atom. The second-order valence-electron chi connectivity index (χ2n) is 8.39. The number of nitrogens with one attached hydrogen (secondary N) is 1. The van der Waals surface area contributed by atoms with Gasteiger partial charge in [0.1, 0.15) is 17.5 Å². The van der Waals surface area contributed by atoms with Crippen molar-refractivity contribution in [2.45, 2.75) is 40.2 Å². The number of anilines is 1. The standard InChI is InChI=1S/C24H30N8O/c1-4-30-9-11-31(12-10-30)22-7-5-19(14-26-22)15-27-23(33)8-6-21-17(2)29-24-20(13-25)16-28-32(24)18(21)3/h5,7,14,16H,4,6,8-12,15H2,1-3H3,(H,27,33). The minimum atomic E-state index is -0.0214. The third-order valence-electron chi connectivity index (χ3n) is 6.37. The lowest BCUT2D eigenvalue weighted by Gasteiger charge is -2.34. The molecule has 1 amide bonds. The number of nitriles is 1. The maximum atomic E-state index is 12.5. The van der Waals surface area contributed by atoms with E-state index in [4.69, 9.17) is 0 Å². The van der Waals surface area contributed by atoms with E-state index >= 15 is 0 Å². The van der Waals surface area contributed by atoms with Crippen molar-refractivity contribution in [1.82, 2.24) is 29.8 Å². The van der Waals surface area contributed by atoms with Crippen LogP contribution in [-0.4, -0.2) is 63.1 Å². The Bertz CT molecular complexity index is 1170. The van der Waals surface area contributed by atoms with E-state index in [2.05, 4.69) is 43.2 Å². The van der Waals surface area contributed by atoms with E-state index in [1.807, 2.05) is 32.2 Å². The van der Waals surface area contributed by atoms with Crippen molar-refractivity contribution in [3.05, 3.63) is 52.6 Å². The first-order valence-electron chi connectivity index (χ1n) is 11.4. The summed E-state index contributed by atoms with van der Waals surface area (Å²) in [6.07, 6.45) is 4.29. The van der Waals surface area contributed by atoms with E-state index in [-0.39, 0.29) is 5.91 Å². The number of carbonyl (C=O) groups excluding carboxylic acids is 1. The van der Waals surface area contributed by atoms with Gasteiger partial charge in [0, 0.05) is 56.7 Å². The normalized spacial score (nSPS) is 14.4. The van der Waals surface area contributed by atoms with Gasteiger partial charge in [0.05, 0.1) is 6.20 Å². The number of fused-ring (bicyclic) bond motifs is 1. The van der Waals surface area contributed by atoms with Crippen LogP contribution in [0.4, 0.5) is 5.82 Å². The number of pyridine rings is 1. The van der Waals surface area contributed by atoms with Crippen LogP contribution in [0.1, 0.15) is 41.4 Å². The van der Waals surface area contributed by atoms with E-state index in [0.717, 1.165) is 61.1 Å². The molecule has 1 saturated heterocycles. The van der Waals surface area contributed by atoms with Crippen LogP contribution in [0.3, 0.4) is 0 Å². The number of likely N-dealkylation sites (N-methyl/N-ethyl adjacent to an activating group) is 1. The van der Waals surface area contributed by atoms with Gasteiger partial charge in [-0.1, -0.05) is 13.0 Å². The Hall–Kier alpha value is -3.51. The van der Waals surface area contributed by atoms with Gasteiger partial charge in [-0.3, -0.25) is 4.79 Å². The second-order valence-corrected chi connectivity index (χ2v) is 8.39. The molecule has 0 atom stereocenters. The summed E-state index contributed by atoms with van der Waals surface area (Å²) in [6.45, 7) is 11.7. The number of rotatable bonds is 7. The van der Waals surface area contributed by atoms with E-state index in [1.54, 1.807) is 4.52 Å². The molecule has 33 heavy (non-hydrogen) atoms. The number of hydrogen-bond donors (Lipinski definition) is 1. The van der Waals surface area contributed by atoms with Crippen molar-refractivity contribution in [3.8, 4) is 6.07 Å². The molecule has 4 rings (SSSR count). The van der Waals surface area contributed by atoms with E-state index in [1.165, 1.54) is 6.20 Å². The fourth-order valence-electron chi connectivity index (χ4n) is 4.28. The minimum Gasteiger partial charge on any atom is -0.354 e. The first-order chi connectivity index (χ1) is 16.0. The molecule has 0 bridgehead atoms. The predicted molar refractivity (Wildman–Crippen MR) is 126 cm³/mol. The summed E-state index contributed by atoms with van der Waals surface area (Å²) < 4.78 is 1.67. The van der Waals surface area contributed by atoms with E-state index < -0.39 is 0 Å². The van der Waals surface area contributed by atoms with Crippen molar-refractivity contribution >= 4 is 17.4 Å². The lowest BCUT2D eigenvalue weighted by atomic mass is 10.1. The van der Waals surface area contributed by atoms with Crippen molar-refractivity contribution < 1.29 is 4.79 Å². The zero-order chi connectivity index (χ0) is 23.4. The Morgan fingerprint density at radius 2 is 1.97 bits per heavy atom. The van der Waals surface area contributed by atoms with Crippen molar-refractivity contribution in [2.24, 2.45) is 0 Å². The van der Waals surface area contributed by atoms with E-state index in [0.29, 0.717) is 30.6 Å². The third kappa shape index (κ3) is 4.96. The Kier molecular flexibility index (Phi) is 6.84. The molecular weight excluding hydrogens is 416 g/mol. The van der Waals surface area contributed by atoms with Gasteiger partial charge >= 0.3 is 0 Å².